The summed E-state index contributed by atoms with van der Waals surface area (Å²) >= 11 is 1.86. The lowest BCUT2D eigenvalue weighted by Crippen LogP contribution is -2.00. The number of nitrogens with zero attached hydrogens (tertiary/aromatic N) is 1. The SMILES string of the molecule is c1ccc2c(c1)Sc1cccc3c4cc(-c5cccc6c5oc5ccccc56)ccc4n-2c13. The lowest BCUT2D eigenvalue weighted by Gasteiger charge is -2.19. The van der Waals surface area contributed by atoms with Gasteiger partial charge in [-0.05, 0) is 42.0 Å². The Labute approximate surface area is 194 Å². The second kappa shape index (κ2) is 6.31. The maximum absolute atomic E-state index is 6.33. The zero-order valence-electron chi connectivity index (χ0n) is 17.6. The maximum atomic E-state index is 6.33. The zero-order valence-corrected chi connectivity index (χ0v) is 18.4. The van der Waals surface area contributed by atoms with Crippen LogP contribution in [0.25, 0.3) is 60.6 Å². The molecule has 1 aliphatic rings. The van der Waals surface area contributed by atoms with Crippen LogP contribution in [0, 0.1) is 0 Å². The largest absolute Gasteiger partial charge is 0.455 e. The van der Waals surface area contributed by atoms with Crippen LogP contribution in [-0.2, 0) is 0 Å². The van der Waals surface area contributed by atoms with Crippen LogP contribution in [0.15, 0.2) is 117 Å². The van der Waals surface area contributed by atoms with E-state index in [4.69, 9.17) is 4.42 Å². The van der Waals surface area contributed by atoms with E-state index >= 15 is 0 Å². The maximum Gasteiger partial charge on any atom is 0.143 e. The summed E-state index contributed by atoms with van der Waals surface area (Å²) in [5.74, 6) is 0. The van der Waals surface area contributed by atoms with E-state index in [0.29, 0.717) is 0 Å². The highest BCUT2D eigenvalue weighted by atomic mass is 32.2. The highest BCUT2D eigenvalue weighted by molar-refractivity contribution is 7.99. The van der Waals surface area contributed by atoms with E-state index in [9.17, 15) is 0 Å². The molecule has 0 radical (unpaired) electrons. The number of aromatic nitrogens is 1. The normalized spacial score (nSPS) is 12.7. The topological polar surface area (TPSA) is 18.1 Å². The number of fused-ring (bicyclic) bond motifs is 8. The van der Waals surface area contributed by atoms with Crippen LogP contribution in [0.1, 0.15) is 0 Å². The van der Waals surface area contributed by atoms with Gasteiger partial charge in [0.05, 0.1) is 16.7 Å². The Kier molecular flexibility index (Phi) is 3.36. The van der Waals surface area contributed by atoms with Crippen LogP contribution in [0.4, 0.5) is 0 Å². The van der Waals surface area contributed by atoms with E-state index in [0.717, 1.165) is 27.5 Å². The Morgan fingerprint density at radius 2 is 1.39 bits per heavy atom. The average molecular weight is 440 g/mol. The molecule has 0 fully saturated rings. The third kappa shape index (κ3) is 2.30. The van der Waals surface area contributed by atoms with Gasteiger partial charge in [0, 0.05) is 36.9 Å². The lowest BCUT2D eigenvalue weighted by atomic mass is 10.0. The van der Waals surface area contributed by atoms with Gasteiger partial charge in [-0.2, -0.15) is 0 Å². The van der Waals surface area contributed by atoms with Crippen molar-refractivity contribution in [2.24, 2.45) is 0 Å². The van der Waals surface area contributed by atoms with Crippen molar-refractivity contribution < 1.29 is 4.42 Å². The molecule has 33 heavy (non-hydrogen) atoms. The Morgan fingerprint density at radius 3 is 2.39 bits per heavy atom. The van der Waals surface area contributed by atoms with Gasteiger partial charge < -0.3 is 8.98 Å². The Balaban J connectivity index is 1.46. The molecular formula is C30H17NOS. The summed E-state index contributed by atoms with van der Waals surface area (Å²) in [6.45, 7) is 0. The fourth-order valence-corrected chi connectivity index (χ4v) is 6.45. The minimum Gasteiger partial charge on any atom is -0.455 e. The summed E-state index contributed by atoms with van der Waals surface area (Å²) in [6.07, 6.45) is 0. The minimum absolute atomic E-state index is 0.932. The molecule has 0 amide bonds. The van der Waals surface area contributed by atoms with Gasteiger partial charge in [-0.3, -0.25) is 0 Å². The molecule has 154 valence electrons. The average Bonchev–Trinajstić information content (AvgIpc) is 3.41. The molecular weight excluding hydrogens is 422 g/mol. The summed E-state index contributed by atoms with van der Waals surface area (Å²) in [7, 11) is 0. The first-order chi connectivity index (χ1) is 16.4. The van der Waals surface area contributed by atoms with Crippen molar-refractivity contribution in [3.63, 3.8) is 0 Å². The number of furan rings is 1. The predicted octanol–water partition coefficient (Wildman–Crippen LogP) is 8.81. The third-order valence-corrected chi connectivity index (χ3v) is 7.91. The first-order valence-corrected chi connectivity index (χ1v) is 11.9. The second-order valence-electron chi connectivity index (χ2n) is 8.57. The lowest BCUT2D eigenvalue weighted by molar-refractivity contribution is 0.670. The molecule has 0 atom stereocenters. The molecule has 0 spiro atoms. The summed E-state index contributed by atoms with van der Waals surface area (Å²) in [6, 6.07) is 36.9. The van der Waals surface area contributed by atoms with Crippen molar-refractivity contribution in [2.75, 3.05) is 0 Å². The molecule has 3 heteroatoms. The highest BCUT2D eigenvalue weighted by Crippen LogP contribution is 2.47. The van der Waals surface area contributed by atoms with E-state index in [1.54, 1.807) is 0 Å². The molecule has 0 aliphatic carbocycles. The number of para-hydroxylation sites is 4. The van der Waals surface area contributed by atoms with Crippen LogP contribution in [-0.4, -0.2) is 4.57 Å². The van der Waals surface area contributed by atoms with E-state index in [1.807, 2.05) is 23.9 Å². The standard InChI is InChI=1S/C30H17NOS/c1-3-12-26-20(7-1)22-10-5-8-19(30(22)32-26)18-15-16-24-23(17-18)21-9-6-14-28-29(21)31(24)25-11-2-4-13-27(25)33-28/h1-17H. The summed E-state index contributed by atoms with van der Waals surface area (Å²) < 4.78 is 8.76. The van der Waals surface area contributed by atoms with Crippen LogP contribution in [0.3, 0.4) is 0 Å². The number of hydrogen-bond acceptors (Lipinski definition) is 2. The quantitative estimate of drug-likeness (QED) is 0.254. The summed E-state index contributed by atoms with van der Waals surface area (Å²) in [5, 5.41) is 4.89. The van der Waals surface area contributed by atoms with Gasteiger partial charge in [-0.15, -0.1) is 0 Å². The summed E-state index contributed by atoms with van der Waals surface area (Å²) in [4.78, 5) is 2.61. The molecule has 1 aliphatic heterocycles. The van der Waals surface area contributed by atoms with E-state index in [-0.39, 0.29) is 0 Å². The van der Waals surface area contributed by atoms with Crippen molar-refractivity contribution in [2.45, 2.75) is 9.79 Å². The monoisotopic (exact) mass is 439 g/mol. The first kappa shape index (κ1) is 17.6. The van der Waals surface area contributed by atoms with Gasteiger partial charge >= 0.3 is 0 Å². The van der Waals surface area contributed by atoms with Crippen LogP contribution < -0.4 is 0 Å². The van der Waals surface area contributed by atoms with Crippen molar-refractivity contribution in [3.8, 4) is 16.8 Å². The van der Waals surface area contributed by atoms with E-state index in [1.165, 1.54) is 42.8 Å². The van der Waals surface area contributed by atoms with Crippen molar-refractivity contribution in [1.29, 1.82) is 0 Å². The molecule has 2 aromatic heterocycles. The molecule has 8 rings (SSSR count). The van der Waals surface area contributed by atoms with Crippen molar-refractivity contribution in [1.82, 2.24) is 4.57 Å². The fourth-order valence-electron chi connectivity index (χ4n) is 5.36. The Morgan fingerprint density at radius 1 is 0.606 bits per heavy atom. The molecule has 0 saturated heterocycles. The van der Waals surface area contributed by atoms with Crippen molar-refractivity contribution in [3.05, 3.63) is 103 Å². The second-order valence-corrected chi connectivity index (χ2v) is 9.65. The minimum atomic E-state index is 0.932. The smallest absolute Gasteiger partial charge is 0.143 e. The van der Waals surface area contributed by atoms with Crippen LogP contribution in [0.5, 0.6) is 0 Å². The third-order valence-electron chi connectivity index (χ3n) is 6.79. The summed E-state index contributed by atoms with van der Waals surface area (Å²) in [5.41, 5.74) is 7.99. The molecule has 0 saturated carbocycles. The Hall–Kier alpha value is -3.95. The number of hydrogen-bond donors (Lipinski definition) is 0. The molecule has 2 nitrogen and oxygen atoms in total. The molecule has 0 bridgehead atoms. The van der Waals surface area contributed by atoms with E-state index in [2.05, 4.69) is 95.6 Å². The number of rotatable bonds is 1. The molecule has 3 heterocycles. The van der Waals surface area contributed by atoms with Gasteiger partial charge in [-0.1, -0.05) is 78.5 Å². The highest BCUT2D eigenvalue weighted by Gasteiger charge is 2.23. The molecule has 5 aromatic carbocycles. The Bertz CT molecular complexity index is 1910. The molecule has 7 aromatic rings. The van der Waals surface area contributed by atoms with Crippen LogP contribution in [0.2, 0.25) is 0 Å². The van der Waals surface area contributed by atoms with Gasteiger partial charge in [-0.25, -0.2) is 0 Å². The zero-order chi connectivity index (χ0) is 21.5. The van der Waals surface area contributed by atoms with Gasteiger partial charge in [0.1, 0.15) is 11.2 Å². The van der Waals surface area contributed by atoms with Gasteiger partial charge in [0.15, 0.2) is 0 Å². The molecule has 0 unspecified atom stereocenters. The molecule has 0 N–H and O–H groups in total. The van der Waals surface area contributed by atoms with Crippen molar-refractivity contribution >= 4 is 55.5 Å². The fraction of sp³-hybridized carbons (Fsp3) is 0. The number of benzene rings is 5. The van der Waals surface area contributed by atoms with E-state index < -0.39 is 0 Å². The van der Waals surface area contributed by atoms with Gasteiger partial charge in [0.25, 0.3) is 0 Å². The first-order valence-electron chi connectivity index (χ1n) is 11.1. The van der Waals surface area contributed by atoms with Gasteiger partial charge in [0.2, 0.25) is 0 Å². The predicted molar refractivity (Wildman–Crippen MR) is 138 cm³/mol. The van der Waals surface area contributed by atoms with Crippen LogP contribution >= 0.6 is 11.8 Å².